The fourth-order valence-electron chi connectivity index (χ4n) is 2.43. The molecule has 0 bridgehead atoms. The Labute approximate surface area is 111 Å². The normalized spacial score (nSPS) is 15.7. The minimum Gasteiger partial charge on any atom is -0.497 e. The van der Waals surface area contributed by atoms with Gasteiger partial charge >= 0.3 is 0 Å². The van der Waals surface area contributed by atoms with Crippen LogP contribution in [0.3, 0.4) is 0 Å². The second-order valence-electron chi connectivity index (χ2n) is 4.72. The molecule has 4 heteroatoms. The summed E-state index contributed by atoms with van der Waals surface area (Å²) in [6.45, 7) is 1.91. The van der Waals surface area contributed by atoms with Crippen molar-refractivity contribution in [3.63, 3.8) is 0 Å². The highest BCUT2D eigenvalue weighted by atomic mass is 35.5. The molecule has 3 nitrogen and oxygen atoms in total. The van der Waals surface area contributed by atoms with Crippen molar-refractivity contribution in [2.75, 3.05) is 20.7 Å². The van der Waals surface area contributed by atoms with E-state index in [9.17, 15) is 0 Å². The summed E-state index contributed by atoms with van der Waals surface area (Å²) < 4.78 is 5.25. The van der Waals surface area contributed by atoms with E-state index in [-0.39, 0.29) is 0 Å². The van der Waals surface area contributed by atoms with Crippen LogP contribution in [0.15, 0.2) is 18.2 Å². The number of hydrogen-bond acceptors (Lipinski definition) is 3. The first-order valence-electron chi connectivity index (χ1n) is 6.02. The van der Waals surface area contributed by atoms with Gasteiger partial charge in [0.2, 0.25) is 0 Å². The van der Waals surface area contributed by atoms with Crippen molar-refractivity contribution in [3.05, 3.63) is 34.5 Å². The number of hydrogen-bond donors (Lipinski definition) is 0. The average Bonchev–Trinajstić information content (AvgIpc) is 2.40. The van der Waals surface area contributed by atoms with E-state index >= 15 is 0 Å². The largest absolute Gasteiger partial charge is 0.497 e. The van der Waals surface area contributed by atoms with Crippen molar-refractivity contribution in [1.29, 1.82) is 0 Å². The first-order chi connectivity index (χ1) is 8.69. The fourth-order valence-corrected chi connectivity index (χ4v) is 2.75. The van der Waals surface area contributed by atoms with Gasteiger partial charge in [0.05, 0.1) is 17.6 Å². The lowest BCUT2D eigenvalue weighted by Gasteiger charge is -2.25. The lowest BCUT2D eigenvalue weighted by atomic mass is 10.0. The van der Waals surface area contributed by atoms with Gasteiger partial charge in [0.1, 0.15) is 5.75 Å². The van der Waals surface area contributed by atoms with E-state index in [0.717, 1.165) is 52.4 Å². The molecule has 0 fully saturated rings. The van der Waals surface area contributed by atoms with E-state index in [1.54, 1.807) is 7.11 Å². The van der Waals surface area contributed by atoms with Crippen LogP contribution in [-0.4, -0.2) is 30.6 Å². The molecular weight excluding hydrogens is 248 g/mol. The van der Waals surface area contributed by atoms with E-state index in [1.165, 1.54) is 0 Å². The van der Waals surface area contributed by atoms with Crippen LogP contribution >= 0.6 is 11.6 Å². The van der Waals surface area contributed by atoms with Gasteiger partial charge in [0, 0.05) is 36.2 Å². The number of pyridine rings is 1. The Kier molecular flexibility index (Phi) is 2.88. The summed E-state index contributed by atoms with van der Waals surface area (Å²) in [6, 6.07) is 5.85. The van der Waals surface area contributed by atoms with Crippen molar-refractivity contribution in [2.45, 2.75) is 13.0 Å². The number of aromatic nitrogens is 1. The number of ether oxygens (including phenoxy) is 1. The molecular formula is C14H15ClN2O. The van der Waals surface area contributed by atoms with E-state index in [2.05, 4.69) is 11.9 Å². The third-order valence-corrected chi connectivity index (χ3v) is 3.90. The summed E-state index contributed by atoms with van der Waals surface area (Å²) in [5.74, 6) is 0.815. The monoisotopic (exact) mass is 262 g/mol. The maximum Gasteiger partial charge on any atom is 0.119 e. The highest BCUT2D eigenvalue weighted by Gasteiger charge is 2.19. The molecule has 18 heavy (non-hydrogen) atoms. The number of halogens is 1. The molecule has 0 N–H and O–H groups in total. The number of nitrogens with zero attached hydrogens (tertiary/aromatic N) is 2. The highest BCUT2D eigenvalue weighted by Crippen LogP contribution is 2.33. The molecule has 0 radical (unpaired) electrons. The summed E-state index contributed by atoms with van der Waals surface area (Å²) >= 11 is 6.53. The number of fused-ring (bicyclic) bond motifs is 2. The molecule has 1 aliphatic rings. The minimum atomic E-state index is 0.815. The first-order valence-corrected chi connectivity index (χ1v) is 6.40. The Morgan fingerprint density at radius 2 is 2.22 bits per heavy atom. The minimum absolute atomic E-state index is 0.815. The molecule has 0 atom stereocenters. The van der Waals surface area contributed by atoms with Crippen molar-refractivity contribution in [2.24, 2.45) is 0 Å². The summed E-state index contributed by atoms with van der Waals surface area (Å²) in [4.78, 5) is 6.99. The molecule has 0 saturated carbocycles. The van der Waals surface area contributed by atoms with Gasteiger partial charge in [-0.2, -0.15) is 0 Å². The van der Waals surface area contributed by atoms with Crippen molar-refractivity contribution >= 4 is 22.5 Å². The molecule has 1 aromatic heterocycles. The van der Waals surface area contributed by atoms with Crippen LogP contribution in [0.2, 0.25) is 5.02 Å². The first kappa shape index (κ1) is 11.8. The van der Waals surface area contributed by atoms with Crippen LogP contribution in [0.4, 0.5) is 0 Å². The predicted octanol–water partition coefficient (Wildman–Crippen LogP) is 2.88. The van der Waals surface area contributed by atoms with Crippen LogP contribution in [0.5, 0.6) is 5.75 Å². The van der Waals surface area contributed by atoms with Gasteiger partial charge in [-0.15, -0.1) is 0 Å². The van der Waals surface area contributed by atoms with Gasteiger partial charge < -0.3 is 9.64 Å². The van der Waals surface area contributed by atoms with Gasteiger partial charge in [-0.1, -0.05) is 11.6 Å². The van der Waals surface area contributed by atoms with E-state index in [4.69, 9.17) is 21.3 Å². The van der Waals surface area contributed by atoms with Crippen molar-refractivity contribution in [1.82, 2.24) is 9.88 Å². The van der Waals surface area contributed by atoms with Crippen LogP contribution in [0, 0.1) is 0 Å². The predicted molar refractivity (Wildman–Crippen MR) is 73.3 cm³/mol. The Hall–Kier alpha value is -1.32. The second-order valence-corrected chi connectivity index (χ2v) is 5.10. The molecule has 0 spiro atoms. The van der Waals surface area contributed by atoms with Crippen molar-refractivity contribution < 1.29 is 4.74 Å². The summed E-state index contributed by atoms with van der Waals surface area (Å²) in [5.41, 5.74) is 3.24. The van der Waals surface area contributed by atoms with Crippen LogP contribution in [0.1, 0.15) is 11.3 Å². The molecule has 94 valence electrons. The van der Waals surface area contributed by atoms with Crippen LogP contribution < -0.4 is 4.74 Å². The van der Waals surface area contributed by atoms with E-state index < -0.39 is 0 Å². The van der Waals surface area contributed by atoms with Gasteiger partial charge in [0.25, 0.3) is 0 Å². The van der Waals surface area contributed by atoms with Gasteiger partial charge in [-0.05, 0) is 25.2 Å². The number of benzene rings is 1. The van der Waals surface area contributed by atoms with Crippen molar-refractivity contribution in [3.8, 4) is 5.75 Å². The molecule has 0 saturated heterocycles. The Morgan fingerprint density at radius 1 is 1.39 bits per heavy atom. The molecule has 2 heterocycles. The van der Waals surface area contributed by atoms with Gasteiger partial charge in [-0.3, -0.25) is 4.98 Å². The third kappa shape index (κ3) is 1.84. The Bertz CT molecular complexity index is 612. The quantitative estimate of drug-likeness (QED) is 0.790. The number of likely N-dealkylation sites (N-methyl/N-ethyl adjacent to an activating group) is 1. The molecule has 1 aromatic carbocycles. The summed E-state index contributed by atoms with van der Waals surface area (Å²) in [5, 5.41) is 1.80. The summed E-state index contributed by atoms with van der Waals surface area (Å²) in [7, 11) is 3.77. The zero-order chi connectivity index (χ0) is 12.7. The number of rotatable bonds is 1. The molecule has 0 amide bonds. The topological polar surface area (TPSA) is 25.4 Å². The Balaban J connectivity index is 2.24. The maximum atomic E-state index is 6.53. The molecule has 0 aliphatic carbocycles. The molecule has 1 aliphatic heterocycles. The SMILES string of the molecule is COc1ccc2nc3c(c(Cl)c2c1)CN(C)CC3. The zero-order valence-electron chi connectivity index (χ0n) is 10.5. The molecule has 0 unspecified atom stereocenters. The van der Waals surface area contributed by atoms with Crippen LogP contribution in [-0.2, 0) is 13.0 Å². The fraction of sp³-hybridized carbons (Fsp3) is 0.357. The van der Waals surface area contributed by atoms with E-state index in [0.29, 0.717) is 0 Å². The zero-order valence-corrected chi connectivity index (χ0v) is 11.3. The summed E-state index contributed by atoms with van der Waals surface area (Å²) in [6.07, 6.45) is 0.966. The lowest BCUT2D eigenvalue weighted by molar-refractivity contribution is 0.310. The van der Waals surface area contributed by atoms with E-state index in [1.807, 2.05) is 18.2 Å². The lowest BCUT2D eigenvalue weighted by Crippen LogP contribution is -2.27. The third-order valence-electron chi connectivity index (χ3n) is 3.47. The number of methoxy groups -OCH3 is 1. The second kappa shape index (κ2) is 4.41. The van der Waals surface area contributed by atoms with Gasteiger partial charge in [-0.25, -0.2) is 0 Å². The average molecular weight is 263 g/mol. The van der Waals surface area contributed by atoms with Gasteiger partial charge in [0.15, 0.2) is 0 Å². The Morgan fingerprint density at radius 3 is 3.00 bits per heavy atom. The standard InChI is InChI=1S/C14H15ClN2O/c1-17-6-5-13-11(8-17)14(15)10-7-9(18-2)3-4-12(10)16-13/h3-4,7H,5-6,8H2,1-2H3. The molecule has 3 rings (SSSR count). The molecule has 2 aromatic rings. The highest BCUT2D eigenvalue weighted by molar-refractivity contribution is 6.36. The maximum absolute atomic E-state index is 6.53. The smallest absolute Gasteiger partial charge is 0.119 e. The van der Waals surface area contributed by atoms with Crippen LogP contribution in [0.25, 0.3) is 10.9 Å².